The highest BCUT2D eigenvalue weighted by Crippen LogP contribution is 2.11. The fourth-order valence-electron chi connectivity index (χ4n) is 1.27. The van der Waals surface area contributed by atoms with Crippen molar-refractivity contribution in [2.45, 2.75) is 25.8 Å². The molecular formula is C7H12N2O2. The summed E-state index contributed by atoms with van der Waals surface area (Å²) in [4.78, 5) is 21.0. The van der Waals surface area contributed by atoms with E-state index in [4.69, 9.17) is 0 Å². The van der Waals surface area contributed by atoms with E-state index in [-0.39, 0.29) is 11.9 Å². The van der Waals surface area contributed by atoms with Crippen molar-refractivity contribution in [3.63, 3.8) is 0 Å². The Morgan fingerprint density at radius 3 is 3.00 bits per heavy atom. The summed E-state index contributed by atoms with van der Waals surface area (Å²) in [5.41, 5.74) is 2.61. The van der Waals surface area contributed by atoms with Gasteiger partial charge in [0.2, 0.25) is 5.91 Å². The molecule has 0 saturated carbocycles. The molecule has 1 aliphatic rings. The molecule has 1 aliphatic heterocycles. The summed E-state index contributed by atoms with van der Waals surface area (Å²) in [6.07, 6.45) is 2.70. The Morgan fingerprint density at radius 1 is 1.73 bits per heavy atom. The smallest absolute Gasteiger partial charge is 0.231 e. The van der Waals surface area contributed by atoms with Crippen molar-refractivity contribution in [1.29, 1.82) is 0 Å². The van der Waals surface area contributed by atoms with Gasteiger partial charge in [-0.25, -0.2) is 5.01 Å². The highest BCUT2D eigenvalue weighted by Gasteiger charge is 2.23. The number of hydrogen-bond acceptors (Lipinski definition) is 3. The average molecular weight is 156 g/mol. The maximum atomic E-state index is 10.6. The Bertz CT molecular complexity index is 170. The van der Waals surface area contributed by atoms with Crippen LogP contribution < -0.4 is 5.43 Å². The second kappa shape index (κ2) is 3.48. The zero-order valence-corrected chi connectivity index (χ0v) is 6.54. The third-order valence-corrected chi connectivity index (χ3v) is 1.76. The quantitative estimate of drug-likeness (QED) is 0.558. The minimum atomic E-state index is -0.112. The lowest BCUT2D eigenvalue weighted by Gasteiger charge is -2.19. The fraction of sp³-hybridized carbons (Fsp3) is 0.714. The van der Waals surface area contributed by atoms with Gasteiger partial charge in [0.25, 0.3) is 0 Å². The van der Waals surface area contributed by atoms with Crippen LogP contribution in [0.15, 0.2) is 0 Å². The molecule has 0 aromatic heterocycles. The van der Waals surface area contributed by atoms with E-state index < -0.39 is 0 Å². The molecule has 1 unspecified atom stereocenters. The van der Waals surface area contributed by atoms with Crippen molar-refractivity contribution in [2.75, 3.05) is 6.54 Å². The highest BCUT2D eigenvalue weighted by atomic mass is 16.2. The van der Waals surface area contributed by atoms with Crippen LogP contribution in [-0.2, 0) is 9.59 Å². The molecule has 1 atom stereocenters. The lowest BCUT2D eigenvalue weighted by atomic mass is 10.2. The van der Waals surface area contributed by atoms with Crippen LogP contribution >= 0.6 is 0 Å². The van der Waals surface area contributed by atoms with Crippen LogP contribution in [0, 0.1) is 0 Å². The molecule has 0 radical (unpaired) electrons. The van der Waals surface area contributed by atoms with Gasteiger partial charge in [-0.3, -0.25) is 10.2 Å². The maximum Gasteiger partial charge on any atom is 0.231 e. The van der Waals surface area contributed by atoms with Crippen molar-refractivity contribution >= 4 is 12.2 Å². The second-order valence-corrected chi connectivity index (χ2v) is 2.71. The van der Waals surface area contributed by atoms with Crippen molar-refractivity contribution in [3.05, 3.63) is 0 Å². The summed E-state index contributed by atoms with van der Waals surface area (Å²) >= 11 is 0. The second-order valence-electron chi connectivity index (χ2n) is 2.71. The number of hydrogen-bond donors (Lipinski definition) is 1. The first-order chi connectivity index (χ1) is 5.24. The van der Waals surface area contributed by atoms with E-state index in [2.05, 4.69) is 5.43 Å². The number of carbonyl (C=O) groups excluding carboxylic acids is 2. The van der Waals surface area contributed by atoms with Gasteiger partial charge in [0.05, 0.1) is 6.04 Å². The molecule has 1 amide bonds. The molecule has 0 aromatic rings. The minimum absolute atomic E-state index is 0.112. The molecule has 1 fully saturated rings. The first-order valence-electron chi connectivity index (χ1n) is 3.73. The number of amides is 1. The molecular weight excluding hydrogens is 144 g/mol. The van der Waals surface area contributed by atoms with E-state index in [1.165, 1.54) is 6.92 Å². The van der Waals surface area contributed by atoms with Crippen molar-refractivity contribution in [1.82, 2.24) is 10.4 Å². The largest absolute Gasteiger partial charge is 0.302 e. The van der Waals surface area contributed by atoms with Gasteiger partial charge in [0, 0.05) is 13.5 Å². The van der Waals surface area contributed by atoms with E-state index >= 15 is 0 Å². The molecule has 1 rings (SSSR count). The minimum Gasteiger partial charge on any atom is -0.302 e. The summed E-state index contributed by atoms with van der Waals surface area (Å²) in [5.74, 6) is -0.112. The van der Waals surface area contributed by atoms with Crippen LogP contribution in [0.5, 0.6) is 0 Å². The van der Waals surface area contributed by atoms with Crippen LogP contribution in [0.4, 0.5) is 0 Å². The monoisotopic (exact) mass is 156 g/mol. The van der Waals surface area contributed by atoms with Crippen LogP contribution in [0.25, 0.3) is 0 Å². The number of aldehydes is 1. The van der Waals surface area contributed by atoms with Crippen LogP contribution in [-0.4, -0.2) is 29.8 Å². The molecule has 0 aromatic carbocycles. The number of nitrogens with zero attached hydrogens (tertiary/aromatic N) is 1. The van der Waals surface area contributed by atoms with E-state index in [9.17, 15) is 9.59 Å². The predicted octanol–water partition coefficient (Wildman–Crippen LogP) is -0.299. The Kier molecular flexibility index (Phi) is 2.59. The topological polar surface area (TPSA) is 49.4 Å². The first kappa shape index (κ1) is 8.20. The number of rotatable bonds is 2. The normalized spacial score (nSPS) is 25.0. The highest BCUT2D eigenvalue weighted by molar-refractivity contribution is 5.72. The summed E-state index contributed by atoms with van der Waals surface area (Å²) in [5, 5.41) is 1.69. The zero-order valence-electron chi connectivity index (χ0n) is 6.54. The lowest BCUT2D eigenvalue weighted by Crippen LogP contribution is -2.44. The Morgan fingerprint density at radius 2 is 2.45 bits per heavy atom. The molecule has 0 bridgehead atoms. The van der Waals surface area contributed by atoms with Crippen LogP contribution in [0.1, 0.15) is 19.8 Å². The Labute approximate surface area is 65.5 Å². The molecule has 1 saturated heterocycles. The molecule has 0 aliphatic carbocycles. The van der Waals surface area contributed by atoms with E-state index in [0.717, 1.165) is 25.7 Å². The lowest BCUT2D eigenvalue weighted by molar-refractivity contribution is -0.125. The van der Waals surface area contributed by atoms with Crippen molar-refractivity contribution in [3.8, 4) is 0 Å². The maximum absolute atomic E-state index is 10.6. The molecule has 1 N–H and O–H groups in total. The van der Waals surface area contributed by atoms with Gasteiger partial charge < -0.3 is 4.79 Å². The summed E-state index contributed by atoms with van der Waals surface area (Å²) in [6, 6.07) is -0.112. The van der Waals surface area contributed by atoms with Crippen LogP contribution in [0.3, 0.4) is 0 Å². The molecule has 4 nitrogen and oxygen atoms in total. The molecule has 4 heteroatoms. The first-order valence-corrected chi connectivity index (χ1v) is 3.73. The molecule has 11 heavy (non-hydrogen) atoms. The van der Waals surface area contributed by atoms with Gasteiger partial charge in [-0.15, -0.1) is 0 Å². The van der Waals surface area contributed by atoms with Gasteiger partial charge in [-0.2, -0.15) is 0 Å². The number of carbonyl (C=O) groups is 2. The number of hydrazine groups is 1. The standard InChI is InChI=1S/C7H12N2O2/c1-6(11)8-9-4-2-3-7(9)5-10/h5,7H,2-4H2,1H3,(H,8,11). The van der Waals surface area contributed by atoms with E-state index in [1.807, 2.05) is 0 Å². The zero-order chi connectivity index (χ0) is 8.27. The summed E-state index contributed by atoms with van der Waals surface area (Å²) in [6.45, 7) is 2.23. The van der Waals surface area contributed by atoms with Crippen molar-refractivity contribution < 1.29 is 9.59 Å². The van der Waals surface area contributed by atoms with Crippen molar-refractivity contribution in [2.24, 2.45) is 0 Å². The van der Waals surface area contributed by atoms with Gasteiger partial charge in [0.15, 0.2) is 0 Å². The van der Waals surface area contributed by atoms with E-state index in [1.54, 1.807) is 5.01 Å². The number of nitrogens with one attached hydrogen (secondary N) is 1. The molecule has 0 spiro atoms. The molecule has 62 valence electrons. The summed E-state index contributed by atoms with van der Waals surface area (Å²) < 4.78 is 0. The molecule has 1 heterocycles. The predicted molar refractivity (Wildman–Crippen MR) is 39.6 cm³/mol. The van der Waals surface area contributed by atoms with Gasteiger partial charge in [-0.1, -0.05) is 0 Å². The van der Waals surface area contributed by atoms with E-state index in [0.29, 0.717) is 0 Å². The summed E-state index contributed by atoms with van der Waals surface area (Å²) in [7, 11) is 0. The SMILES string of the molecule is CC(=O)NN1CCCC1C=O. The van der Waals surface area contributed by atoms with Gasteiger partial charge >= 0.3 is 0 Å². The Balaban J connectivity index is 2.43. The van der Waals surface area contributed by atoms with Gasteiger partial charge in [0.1, 0.15) is 6.29 Å². The van der Waals surface area contributed by atoms with Gasteiger partial charge in [-0.05, 0) is 12.8 Å². The average Bonchev–Trinajstić information content (AvgIpc) is 2.34. The van der Waals surface area contributed by atoms with Crippen LogP contribution in [0.2, 0.25) is 0 Å². The third kappa shape index (κ3) is 2.01. The fourth-order valence-corrected chi connectivity index (χ4v) is 1.27. The Hall–Kier alpha value is -0.900. The third-order valence-electron chi connectivity index (χ3n) is 1.76.